The predicted octanol–water partition coefficient (Wildman–Crippen LogP) is 1.47. The molecule has 2 bridgehead atoms. The van der Waals surface area contributed by atoms with Crippen LogP contribution in [0.25, 0.3) is 5.52 Å². The molecule has 5 heterocycles. The molecule has 1 N–H and O–H groups in total. The van der Waals surface area contributed by atoms with Crippen molar-refractivity contribution >= 4 is 11.4 Å². The number of piperidine rings is 3. The molecule has 2 aromatic rings. The molecule has 0 radical (unpaired) electrons. The van der Waals surface area contributed by atoms with Crippen LogP contribution in [-0.2, 0) is 0 Å². The van der Waals surface area contributed by atoms with Gasteiger partial charge < -0.3 is 14.6 Å². The van der Waals surface area contributed by atoms with E-state index in [2.05, 4.69) is 15.2 Å². The third-order valence-corrected chi connectivity index (χ3v) is 4.95. The highest BCUT2D eigenvalue weighted by Crippen LogP contribution is 2.27. The Kier molecular flexibility index (Phi) is 2.96. The summed E-state index contributed by atoms with van der Waals surface area (Å²) in [5, 5.41) is 3.19. The van der Waals surface area contributed by atoms with Gasteiger partial charge in [0.1, 0.15) is 5.69 Å². The van der Waals surface area contributed by atoms with Crippen molar-refractivity contribution in [2.75, 3.05) is 19.6 Å². The van der Waals surface area contributed by atoms with Gasteiger partial charge >= 0.3 is 0 Å². The first kappa shape index (κ1) is 12.8. The Morgan fingerprint density at radius 1 is 1.33 bits per heavy atom. The second-order valence-electron chi connectivity index (χ2n) is 6.26. The smallest absolute Gasteiger partial charge is 0.271 e. The number of hydrogen-bond acceptors (Lipinski definition) is 3. The zero-order valence-corrected chi connectivity index (χ0v) is 12.2. The van der Waals surface area contributed by atoms with Crippen molar-refractivity contribution in [2.45, 2.75) is 25.8 Å². The van der Waals surface area contributed by atoms with Gasteiger partial charge in [0.05, 0.1) is 11.7 Å². The van der Waals surface area contributed by atoms with Gasteiger partial charge in [0.15, 0.2) is 0 Å². The molecule has 3 aliphatic heterocycles. The standard InChI is InChI=1S/C16H20N4O/c1-11-2-3-13-8-17-15(10-20(11)13)16(21)18-14-9-19-6-4-12(14)5-7-19/h2-3,8,10,12,14H,4-7,9H2,1H3,(H,18,21)/t14-/m0/s1. The fourth-order valence-corrected chi connectivity index (χ4v) is 3.63. The number of carbonyl (C=O) groups excluding carboxylic acids is 1. The number of fused-ring (bicyclic) bond motifs is 4. The van der Waals surface area contributed by atoms with Gasteiger partial charge in [0, 0.05) is 24.5 Å². The van der Waals surface area contributed by atoms with Crippen molar-refractivity contribution < 1.29 is 4.79 Å². The van der Waals surface area contributed by atoms with Crippen LogP contribution in [0, 0.1) is 12.8 Å². The average Bonchev–Trinajstić information content (AvgIpc) is 2.89. The van der Waals surface area contributed by atoms with E-state index in [0.717, 1.165) is 17.8 Å². The highest BCUT2D eigenvalue weighted by Gasteiger charge is 2.35. The Balaban J connectivity index is 1.54. The summed E-state index contributed by atoms with van der Waals surface area (Å²) in [6.45, 7) is 5.39. The summed E-state index contributed by atoms with van der Waals surface area (Å²) in [6, 6.07) is 4.33. The lowest BCUT2D eigenvalue weighted by Gasteiger charge is -2.44. The molecule has 5 rings (SSSR count). The van der Waals surface area contributed by atoms with Crippen molar-refractivity contribution in [2.24, 2.45) is 5.92 Å². The molecule has 0 aromatic carbocycles. The molecule has 0 spiro atoms. The Morgan fingerprint density at radius 2 is 2.14 bits per heavy atom. The molecule has 2 aromatic heterocycles. The van der Waals surface area contributed by atoms with Crippen molar-refractivity contribution in [3.63, 3.8) is 0 Å². The third kappa shape index (κ3) is 2.21. The van der Waals surface area contributed by atoms with Crippen LogP contribution in [0.15, 0.2) is 24.5 Å². The molecule has 5 nitrogen and oxygen atoms in total. The molecule has 110 valence electrons. The number of aryl methyl sites for hydroxylation is 1. The van der Waals surface area contributed by atoms with E-state index in [4.69, 9.17) is 0 Å². The normalized spacial score (nSPS) is 28.0. The summed E-state index contributed by atoms with van der Waals surface area (Å²) in [6.07, 6.45) is 6.00. The summed E-state index contributed by atoms with van der Waals surface area (Å²) in [5.74, 6) is 0.583. The van der Waals surface area contributed by atoms with E-state index in [0.29, 0.717) is 11.6 Å². The van der Waals surface area contributed by atoms with E-state index >= 15 is 0 Å². The fraction of sp³-hybridized carbons (Fsp3) is 0.500. The summed E-state index contributed by atoms with van der Waals surface area (Å²) >= 11 is 0. The first-order valence-electron chi connectivity index (χ1n) is 7.67. The summed E-state index contributed by atoms with van der Waals surface area (Å²) in [4.78, 5) is 19.2. The number of aromatic nitrogens is 2. The minimum absolute atomic E-state index is 0.0521. The molecule has 5 heteroatoms. The topological polar surface area (TPSA) is 49.6 Å². The lowest BCUT2D eigenvalue weighted by molar-refractivity contribution is 0.0617. The average molecular weight is 284 g/mol. The van der Waals surface area contributed by atoms with Crippen LogP contribution in [0.4, 0.5) is 0 Å². The number of nitrogens with zero attached hydrogens (tertiary/aromatic N) is 3. The van der Waals surface area contributed by atoms with E-state index < -0.39 is 0 Å². The Hall–Kier alpha value is -1.88. The molecular weight excluding hydrogens is 264 g/mol. The summed E-state index contributed by atoms with van der Waals surface area (Å²) < 4.78 is 2.01. The van der Waals surface area contributed by atoms with Gasteiger partial charge in [0.25, 0.3) is 5.91 Å². The summed E-state index contributed by atoms with van der Waals surface area (Å²) in [5.41, 5.74) is 2.63. The molecule has 3 saturated heterocycles. The zero-order valence-electron chi connectivity index (χ0n) is 12.2. The minimum atomic E-state index is -0.0521. The number of amides is 1. The second kappa shape index (κ2) is 4.84. The predicted molar refractivity (Wildman–Crippen MR) is 80.3 cm³/mol. The number of rotatable bonds is 2. The number of hydrogen-bond donors (Lipinski definition) is 1. The molecule has 1 atom stereocenters. The lowest BCUT2D eigenvalue weighted by Crippen LogP contribution is -2.57. The monoisotopic (exact) mass is 284 g/mol. The zero-order chi connectivity index (χ0) is 14.4. The molecule has 3 aliphatic rings. The first-order chi connectivity index (χ1) is 10.2. The van der Waals surface area contributed by atoms with Gasteiger partial charge in [-0.15, -0.1) is 0 Å². The van der Waals surface area contributed by atoms with Crippen LogP contribution < -0.4 is 5.32 Å². The Bertz CT molecular complexity index is 685. The lowest BCUT2D eigenvalue weighted by atomic mass is 9.84. The maximum absolute atomic E-state index is 12.5. The van der Waals surface area contributed by atoms with Crippen LogP contribution in [0.1, 0.15) is 29.0 Å². The largest absolute Gasteiger partial charge is 0.346 e. The fourth-order valence-electron chi connectivity index (χ4n) is 3.63. The van der Waals surface area contributed by atoms with Crippen molar-refractivity contribution in [1.29, 1.82) is 0 Å². The molecule has 1 amide bonds. The van der Waals surface area contributed by atoms with Gasteiger partial charge in [0.2, 0.25) is 0 Å². The minimum Gasteiger partial charge on any atom is -0.346 e. The van der Waals surface area contributed by atoms with Gasteiger partial charge in [-0.3, -0.25) is 4.79 Å². The molecule has 3 fully saturated rings. The molecule has 0 aliphatic carbocycles. The second-order valence-corrected chi connectivity index (χ2v) is 6.26. The Morgan fingerprint density at radius 3 is 2.86 bits per heavy atom. The van der Waals surface area contributed by atoms with Gasteiger partial charge in [-0.25, -0.2) is 4.98 Å². The molecule has 21 heavy (non-hydrogen) atoms. The van der Waals surface area contributed by atoms with Crippen LogP contribution in [0.5, 0.6) is 0 Å². The number of nitrogens with one attached hydrogen (secondary N) is 1. The van der Waals surface area contributed by atoms with Crippen LogP contribution in [0.2, 0.25) is 0 Å². The molecular formula is C16H20N4O. The Labute approximate surface area is 124 Å². The highest BCUT2D eigenvalue weighted by molar-refractivity contribution is 5.92. The third-order valence-electron chi connectivity index (χ3n) is 4.95. The molecule has 0 unspecified atom stereocenters. The van der Waals surface area contributed by atoms with Crippen molar-refractivity contribution in [3.8, 4) is 0 Å². The van der Waals surface area contributed by atoms with Gasteiger partial charge in [-0.2, -0.15) is 0 Å². The van der Waals surface area contributed by atoms with E-state index in [9.17, 15) is 4.79 Å². The van der Waals surface area contributed by atoms with Crippen LogP contribution >= 0.6 is 0 Å². The highest BCUT2D eigenvalue weighted by atomic mass is 16.2. The van der Waals surface area contributed by atoms with Crippen LogP contribution in [0.3, 0.4) is 0 Å². The van der Waals surface area contributed by atoms with Crippen molar-refractivity contribution in [3.05, 3.63) is 35.9 Å². The van der Waals surface area contributed by atoms with E-state index in [1.54, 1.807) is 6.20 Å². The van der Waals surface area contributed by atoms with E-state index in [-0.39, 0.29) is 11.9 Å². The van der Waals surface area contributed by atoms with Gasteiger partial charge in [-0.1, -0.05) is 0 Å². The maximum Gasteiger partial charge on any atom is 0.271 e. The quantitative estimate of drug-likeness (QED) is 0.908. The van der Waals surface area contributed by atoms with Crippen LogP contribution in [-0.4, -0.2) is 45.9 Å². The van der Waals surface area contributed by atoms with E-state index in [1.807, 2.05) is 29.7 Å². The van der Waals surface area contributed by atoms with Crippen molar-refractivity contribution in [1.82, 2.24) is 19.6 Å². The van der Waals surface area contributed by atoms with E-state index in [1.165, 1.54) is 25.9 Å². The maximum atomic E-state index is 12.5. The SMILES string of the molecule is Cc1ccc2cnc(C(=O)N[C@H]3CN4CCC3CC4)cn12. The summed E-state index contributed by atoms with van der Waals surface area (Å²) in [7, 11) is 0. The van der Waals surface area contributed by atoms with Gasteiger partial charge in [-0.05, 0) is 50.9 Å². The number of carbonyl (C=O) groups is 1. The molecule has 0 saturated carbocycles. The first-order valence-corrected chi connectivity index (χ1v) is 7.67.